The molecule has 0 aliphatic carbocycles. The molecular weight excluding hydrogens is 242 g/mol. The lowest BCUT2D eigenvalue weighted by molar-refractivity contribution is -0.126. The summed E-state index contributed by atoms with van der Waals surface area (Å²) in [4.78, 5) is 22.6. The molecule has 6 heteroatoms. The normalized spacial score (nSPS) is 18.6. The van der Waals surface area contributed by atoms with Crippen LogP contribution in [0.5, 0.6) is 0 Å². The van der Waals surface area contributed by atoms with Gasteiger partial charge in [-0.05, 0) is 17.7 Å². The molecule has 2 N–H and O–H groups in total. The lowest BCUT2D eigenvalue weighted by Crippen LogP contribution is -2.31. The highest BCUT2D eigenvalue weighted by Crippen LogP contribution is 2.11. The minimum atomic E-state index is -0.945. The summed E-state index contributed by atoms with van der Waals surface area (Å²) >= 11 is 0. The molecular formula is C12H12F2N2O2. The van der Waals surface area contributed by atoms with Crippen LogP contribution in [-0.4, -0.2) is 18.4 Å². The maximum atomic E-state index is 12.9. The van der Waals surface area contributed by atoms with Crippen molar-refractivity contribution in [1.29, 1.82) is 0 Å². The van der Waals surface area contributed by atoms with Crippen molar-refractivity contribution in [2.75, 3.05) is 6.54 Å². The molecule has 18 heavy (non-hydrogen) atoms. The molecule has 1 atom stereocenters. The van der Waals surface area contributed by atoms with E-state index in [2.05, 4.69) is 10.6 Å². The summed E-state index contributed by atoms with van der Waals surface area (Å²) in [7, 11) is 0. The third kappa shape index (κ3) is 2.82. The van der Waals surface area contributed by atoms with Gasteiger partial charge >= 0.3 is 0 Å². The van der Waals surface area contributed by atoms with Crippen LogP contribution < -0.4 is 10.6 Å². The Morgan fingerprint density at radius 1 is 1.39 bits per heavy atom. The van der Waals surface area contributed by atoms with Gasteiger partial charge < -0.3 is 10.6 Å². The minimum Gasteiger partial charge on any atom is -0.355 e. The number of nitrogens with one attached hydrogen (secondary N) is 2. The van der Waals surface area contributed by atoms with E-state index in [1.165, 1.54) is 6.07 Å². The van der Waals surface area contributed by atoms with Crippen LogP contribution >= 0.6 is 0 Å². The second kappa shape index (κ2) is 5.12. The van der Waals surface area contributed by atoms with E-state index in [4.69, 9.17) is 0 Å². The fourth-order valence-electron chi connectivity index (χ4n) is 1.77. The third-order valence-corrected chi connectivity index (χ3v) is 2.80. The lowest BCUT2D eigenvalue weighted by atomic mass is 10.1. The van der Waals surface area contributed by atoms with E-state index >= 15 is 0 Å². The highest BCUT2D eigenvalue weighted by atomic mass is 19.2. The molecule has 1 fully saturated rings. The van der Waals surface area contributed by atoms with E-state index in [9.17, 15) is 18.4 Å². The van der Waals surface area contributed by atoms with Crippen molar-refractivity contribution in [2.45, 2.75) is 13.0 Å². The van der Waals surface area contributed by atoms with Gasteiger partial charge in [0.25, 0.3) is 0 Å². The van der Waals surface area contributed by atoms with Crippen LogP contribution in [-0.2, 0) is 16.1 Å². The van der Waals surface area contributed by atoms with Crippen molar-refractivity contribution in [3.63, 3.8) is 0 Å². The number of rotatable bonds is 3. The first kappa shape index (κ1) is 12.5. The Bertz CT molecular complexity index is 491. The Morgan fingerprint density at radius 3 is 2.78 bits per heavy atom. The molecule has 4 nitrogen and oxygen atoms in total. The quantitative estimate of drug-likeness (QED) is 0.835. The predicted molar refractivity (Wildman–Crippen MR) is 59.3 cm³/mol. The molecule has 0 spiro atoms. The van der Waals surface area contributed by atoms with Crippen LogP contribution in [0, 0.1) is 17.6 Å². The molecule has 2 rings (SSSR count). The van der Waals surface area contributed by atoms with Gasteiger partial charge in [-0.3, -0.25) is 9.59 Å². The van der Waals surface area contributed by atoms with Crippen molar-refractivity contribution in [3.8, 4) is 0 Å². The maximum Gasteiger partial charge on any atom is 0.225 e. The Labute approximate surface area is 102 Å². The van der Waals surface area contributed by atoms with Gasteiger partial charge in [0.1, 0.15) is 0 Å². The summed E-state index contributed by atoms with van der Waals surface area (Å²) < 4.78 is 25.6. The number of carbonyl (C=O) groups excluding carboxylic acids is 2. The molecule has 0 saturated carbocycles. The highest BCUT2D eigenvalue weighted by molar-refractivity contribution is 5.89. The predicted octanol–water partition coefficient (Wildman–Crippen LogP) is 0.717. The molecule has 1 heterocycles. The van der Waals surface area contributed by atoms with Gasteiger partial charge in [0.2, 0.25) is 11.8 Å². The fraction of sp³-hybridized carbons (Fsp3) is 0.333. The van der Waals surface area contributed by atoms with Crippen molar-refractivity contribution in [3.05, 3.63) is 35.4 Å². The smallest absolute Gasteiger partial charge is 0.225 e. The number of carbonyl (C=O) groups is 2. The zero-order valence-electron chi connectivity index (χ0n) is 9.50. The number of hydrogen-bond acceptors (Lipinski definition) is 2. The van der Waals surface area contributed by atoms with Crippen molar-refractivity contribution in [2.24, 2.45) is 5.92 Å². The average Bonchev–Trinajstić information content (AvgIpc) is 2.77. The SMILES string of the molecule is O=C1CC(C(=O)NCc2ccc(F)c(F)c2)CN1. The lowest BCUT2D eigenvalue weighted by Gasteiger charge is -2.09. The fourth-order valence-corrected chi connectivity index (χ4v) is 1.77. The van der Waals surface area contributed by atoms with Gasteiger partial charge in [0, 0.05) is 19.5 Å². The maximum absolute atomic E-state index is 12.9. The summed E-state index contributed by atoms with van der Waals surface area (Å²) in [6.45, 7) is 0.434. The van der Waals surface area contributed by atoms with E-state index in [0.717, 1.165) is 12.1 Å². The Balaban J connectivity index is 1.89. The molecule has 0 aromatic heterocycles. The summed E-state index contributed by atoms with van der Waals surface area (Å²) in [5.41, 5.74) is 0.472. The van der Waals surface area contributed by atoms with Gasteiger partial charge in [0.05, 0.1) is 5.92 Å². The molecule has 1 aliphatic heterocycles. The Kier molecular flexibility index (Phi) is 3.55. The van der Waals surface area contributed by atoms with Crippen molar-refractivity contribution in [1.82, 2.24) is 10.6 Å². The summed E-state index contributed by atoms with van der Waals surface area (Å²) in [6.07, 6.45) is 0.170. The van der Waals surface area contributed by atoms with Crippen molar-refractivity contribution < 1.29 is 18.4 Å². The second-order valence-corrected chi connectivity index (χ2v) is 4.17. The minimum absolute atomic E-state index is 0.112. The molecule has 2 amide bonds. The summed E-state index contributed by atoms with van der Waals surface area (Å²) in [5.74, 6) is -2.67. The van der Waals surface area contributed by atoms with Crippen LogP contribution in [0.15, 0.2) is 18.2 Å². The van der Waals surface area contributed by atoms with E-state index < -0.39 is 11.6 Å². The third-order valence-electron chi connectivity index (χ3n) is 2.80. The van der Waals surface area contributed by atoms with Gasteiger partial charge in [-0.2, -0.15) is 0 Å². The Morgan fingerprint density at radius 2 is 2.17 bits per heavy atom. The molecule has 0 bridgehead atoms. The summed E-state index contributed by atoms with van der Waals surface area (Å²) in [6, 6.07) is 3.45. The first-order valence-corrected chi connectivity index (χ1v) is 5.54. The zero-order valence-corrected chi connectivity index (χ0v) is 9.50. The van der Waals surface area contributed by atoms with Crippen LogP contribution in [0.2, 0.25) is 0 Å². The van der Waals surface area contributed by atoms with Crippen LogP contribution in [0.1, 0.15) is 12.0 Å². The molecule has 1 aliphatic rings. The number of benzene rings is 1. The molecule has 0 radical (unpaired) electrons. The first-order chi connectivity index (χ1) is 8.56. The molecule has 1 unspecified atom stereocenters. The molecule has 96 valence electrons. The standard InChI is InChI=1S/C12H12F2N2O2/c13-9-2-1-7(3-10(9)14)5-16-12(18)8-4-11(17)15-6-8/h1-3,8H,4-6H2,(H,15,17)(H,16,18). The summed E-state index contributed by atoms with van der Waals surface area (Å²) in [5, 5.41) is 5.14. The van der Waals surface area contributed by atoms with E-state index in [-0.39, 0.29) is 30.7 Å². The van der Waals surface area contributed by atoms with Gasteiger partial charge in [-0.1, -0.05) is 6.07 Å². The second-order valence-electron chi connectivity index (χ2n) is 4.17. The Hall–Kier alpha value is -1.98. The highest BCUT2D eigenvalue weighted by Gasteiger charge is 2.27. The molecule has 1 aromatic carbocycles. The van der Waals surface area contributed by atoms with E-state index in [1.807, 2.05) is 0 Å². The number of hydrogen-bond donors (Lipinski definition) is 2. The van der Waals surface area contributed by atoms with Gasteiger partial charge in [0.15, 0.2) is 11.6 Å². The van der Waals surface area contributed by atoms with Crippen LogP contribution in [0.25, 0.3) is 0 Å². The number of halogens is 2. The van der Waals surface area contributed by atoms with Gasteiger partial charge in [-0.25, -0.2) is 8.78 Å². The van der Waals surface area contributed by atoms with E-state index in [0.29, 0.717) is 12.1 Å². The average molecular weight is 254 g/mol. The molecule has 1 aromatic rings. The van der Waals surface area contributed by atoms with Gasteiger partial charge in [-0.15, -0.1) is 0 Å². The van der Waals surface area contributed by atoms with E-state index in [1.54, 1.807) is 0 Å². The number of amides is 2. The topological polar surface area (TPSA) is 58.2 Å². The zero-order chi connectivity index (χ0) is 13.1. The van der Waals surface area contributed by atoms with Crippen LogP contribution in [0.4, 0.5) is 8.78 Å². The van der Waals surface area contributed by atoms with Crippen LogP contribution in [0.3, 0.4) is 0 Å². The van der Waals surface area contributed by atoms with Crippen molar-refractivity contribution >= 4 is 11.8 Å². The largest absolute Gasteiger partial charge is 0.355 e. The monoisotopic (exact) mass is 254 g/mol. The first-order valence-electron chi connectivity index (χ1n) is 5.54. The molecule has 1 saturated heterocycles.